The number of nitriles is 1. The number of amides is 1. The van der Waals surface area contributed by atoms with Crippen molar-refractivity contribution in [1.29, 1.82) is 5.26 Å². The molecule has 3 heterocycles. The second kappa shape index (κ2) is 5.73. The molecule has 7 heteroatoms. The van der Waals surface area contributed by atoms with Crippen molar-refractivity contribution in [1.82, 2.24) is 19.9 Å². The predicted octanol–water partition coefficient (Wildman–Crippen LogP) is 1.93. The van der Waals surface area contributed by atoms with Crippen LogP contribution in [0.4, 0.5) is 5.82 Å². The lowest BCUT2D eigenvalue weighted by Crippen LogP contribution is -2.54. The molecule has 0 radical (unpaired) electrons. The van der Waals surface area contributed by atoms with E-state index in [1.165, 1.54) is 0 Å². The summed E-state index contributed by atoms with van der Waals surface area (Å²) in [5, 5.41) is 10.3. The molecule has 0 spiro atoms. The number of anilines is 1. The number of aromatic nitrogens is 3. The normalized spacial score (nSPS) is 24.8. The van der Waals surface area contributed by atoms with E-state index < -0.39 is 5.41 Å². The first kappa shape index (κ1) is 15.9. The molecule has 1 saturated carbocycles. The molecule has 0 bridgehead atoms. The molecule has 2 aromatic rings. The molecule has 1 N–H and O–H groups in total. The van der Waals surface area contributed by atoms with E-state index in [0.29, 0.717) is 25.3 Å². The summed E-state index contributed by atoms with van der Waals surface area (Å²) >= 11 is 0. The first-order valence-corrected chi connectivity index (χ1v) is 8.77. The minimum absolute atomic E-state index is 0.00905. The van der Waals surface area contributed by atoms with E-state index in [1.807, 2.05) is 24.2 Å². The lowest BCUT2D eigenvalue weighted by molar-refractivity contribution is -0.136. The van der Waals surface area contributed by atoms with Gasteiger partial charge in [-0.05, 0) is 31.2 Å². The van der Waals surface area contributed by atoms with E-state index in [4.69, 9.17) is 0 Å². The minimum atomic E-state index is -0.744. The number of hydrogen-bond donors (Lipinski definition) is 1. The van der Waals surface area contributed by atoms with Crippen LogP contribution in [0.1, 0.15) is 26.2 Å². The molecule has 1 saturated heterocycles. The van der Waals surface area contributed by atoms with Crippen LogP contribution in [0.3, 0.4) is 0 Å². The third kappa shape index (κ3) is 2.53. The van der Waals surface area contributed by atoms with Gasteiger partial charge in [-0.1, -0.05) is 6.92 Å². The van der Waals surface area contributed by atoms with E-state index in [1.54, 1.807) is 6.33 Å². The van der Waals surface area contributed by atoms with Gasteiger partial charge in [-0.25, -0.2) is 9.97 Å². The second-order valence-electron chi connectivity index (χ2n) is 7.33. The van der Waals surface area contributed by atoms with Gasteiger partial charge in [0.2, 0.25) is 5.91 Å². The van der Waals surface area contributed by atoms with Crippen molar-refractivity contribution in [3.05, 3.63) is 18.6 Å². The Morgan fingerprint density at radius 3 is 3.00 bits per heavy atom. The quantitative estimate of drug-likeness (QED) is 0.924. The molecule has 7 nitrogen and oxygen atoms in total. The molecular formula is C18H22N6O. The number of hydrogen-bond acceptors (Lipinski definition) is 5. The van der Waals surface area contributed by atoms with E-state index in [2.05, 4.69) is 32.8 Å². The van der Waals surface area contributed by atoms with Crippen molar-refractivity contribution in [3.63, 3.8) is 0 Å². The summed E-state index contributed by atoms with van der Waals surface area (Å²) in [5.74, 6) is 1.32. The molecule has 0 unspecified atom stereocenters. The number of fused-ring (bicyclic) bond motifs is 1. The fraction of sp³-hybridized carbons (Fsp3) is 0.556. The van der Waals surface area contributed by atoms with Crippen LogP contribution in [0.5, 0.6) is 0 Å². The zero-order chi connectivity index (χ0) is 17.6. The number of likely N-dealkylation sites (tertiary alicyclic amines) is 1. The Bertz CT molecular complexity index is 849. The van der Waals surface area contributed by atoms with Crippen molar-refractivity contribution >= 4 is 22.8 Å². The number of carbonyl (C=O) groups excluding carboxylic acids is 1. The van der Waals surface area contributed by atoms with Gasteiger partial charge in [0.05, 0.1) is 17.5 Å². The molecule has 2 aliphatic rings. The summed E-state index contributed by atoms with van der Waals surface area (Å²) < 4.78 is 0. The van der Waals surface area contributed by atoms with Crippen LogP contribution in [0.25, 0.3) is 11.0 Å². The van der Waals surface area contributed by atoms with Crippen LogP contribution >= 0.6 is 0 Å². The van der Waals surface area contributed by atoms with Gasteiger partial charge in [0, 0.05) is 26.3 Å². The van der Waals surface area contributed by atoms with Crippen molar-refractivity contribution in [2.45, 2.75) is 32.2 Å². The first-order chi connectivity index (χ1) is 12.1. The summed E-state index contributed by atoms with van der Waals surface area (Å²) in [6, 6.07) is 4.37. The van der Waals surface area contributed by atoms with Gasteiger partial charge in [-0.3, -0.25) is 4.79 Å². The van der Waals surface area contributed by atoms with Crippen LogP contribution in [0.2, 0.25) is 0 Å². The van der Waals surface area contributed by atoms with Gasteiger partial charge in [-0.2, -0.15) is 5.26 Å². The number of piperidine rings is 1. The van der Waals surface area contributed by atoms with E-state index in [0.717, 1.165) is 29.8 Å². The predicted molar refractivity (Wildman–Crippen MR) is 93.7 cm³/mol. The lowest BCUT2D eigenvalue weighted by atomic mass is 9.91. The van der Waals surface area contributed by atoms with E-state index in [-0.39, 0.29) is 11.9 Å². The molecule has 25 heavy (non-hydrogen) atoms. The second-order valence-corrected chi connectivity index (χ2v) is 7.33. The van der Waals surface area contributed by atoms with Crippen molar-refractivity contribution < 1.29 is 4.79 Å². The van der Waals surface area contributed by atoms with Gasteiger partial charge >= 0.3 is 0 Å². The lowest BCUT2D eigenvalue weighted by Gasteiger charge is -2.42. The monoisotopic (exact) mass is 338 g/mol. The maximum absolute atomic E-state index is 12.8. The maximum atomic E-state index is 12.8. The minimum Gasteiger partial charge on any atom is -0.354 e. The van der Waals surface area contributed by atoms with Gasteiger partial charge < -0.3 is 14.8 Å². The zero-order valence-electron chi connectivity index (χ0n) is 14.6. The highest BCUT2D eigenvalue weighted by Crippen LogP contribution is 2.47. The molecule has 130 valence electrons. The smallest absolute Gasteiger partial charge is 0.243 e. The Labute approximate surface area is 146 Å². The molecule has 1 aliphatic carbocycles. The van der Waals surface area contributed by atoms with Gasteiger partial charge in [-0.15, -0.1) is 0 Å². The van der Waals surface area contributed by atoms with Crippen molar-refractivity contribution in [3.8, 4) is 6.07 Å². The summed E-state index contributed by atoms with van der Waals surface area (Å²) in [4.78, 5) is 28.6. The molecule has 2 fully saturated rings. The number of rotatable bonds is 3. The maximum Gasteiger partial charge on any atom is 0.243 e. The Morgan fingerprint density at radius 2 is 2.28 bits per heavy atom. The summed E-state index contributed by atoms with van der Waals surface area (Å²) in [6.45, 7) is 3.59. The Kier molecular flexibility index (Phi) is 3.64. The number of nitrogens with zero attached hydrogens (tertiary/aromatic N) is 5. The molecular weight excluding hydrogens is 316 g/mol. The highest BCUT2D eigenvalue weighted by Gasteiger charge is 2.53. The number of likely N-dealkylation sites (N-methyl/N-ethyl adjacent to an activating group) is 1. The number of carbonyl (C=O) groups is 1. The summed E-state index contributed by atoms with van der Waals surface area (Å²) in [7, 11) is 2.03. The highest BCUT2D eigenvalue weighted by molar-refractivity contribution is 5.89. The fourth-order valence-electron chi connectivity index (χ4n) is 3.84. The van der Waals surface area contributed by atoms with E-state index >= 15 is 0 Å². The highest BCUT2D eigenvalue weighted by atomic mass is 16.2. The standard InChI is InChI=1S/C18H22N6O/c1-12-4-8-24(17(25)18(10-19)5-6-18)9-14(12)23(2)16-13-3-7-20-15(13)21-11-22-16/h3,7,11-12,14H,4-6,8-9H2,1-2H3,(H,20,21,22)/t12-,14+/m1/s1. The van der Waals surface area contributed by atoms with Crippen molar-refractivity contribution in [2.24, 2.45) is 11.3 Å². The summed E-state index contributed by atoms with van der Waals surface area (Å²) in [5.41, 5.74) is 0.0710. The van der Waals surface area contributed by atoms with Crippen LogP contribution in [-0.4, -0.2) is 51.9 Å². The largest absolute Gasteiger partial charge is 0.354 e. The Morgan fingerprint density at radius 1 is 1.48 bits per heavy atom. The first-order valence-electron chi connectivity index (χ1n) is 8.77. The SMILES string of the molecule is C[C@@H]1CCN(C(=O)C2(C#N)CC2)C[C@@H]1N(C)c1ncnc2[nH]ccc12. The topological polar surface area (TPSA) is 88.9 Å². The van der Waals surface area contributed by atoms with E-state index in [9.17, 15) is 10.1 Å². The van der Waals surface area contributed by atoms with Crippen molar-refractivity contribution in [2.75, 3.05) is 25.0 Å². The average Bonchev–Trinajstić information content (AvgIpc) is 3.29. The molecule has 2 aromatic heterocycles. The number of nitrogens with one attached hydrogen (secondary N) is 1. The molecule has 2 atom stereocenters. The molecule has 4 rings (SSSR count). The number of aromatic amines is 1. The molecule has 1 aliphatic heterocycles. The van der Waals surface area contributed by atoms with Gasteiger partial charge in [0.25, 0.3) is 0 Å². The Hall–Kier alpha value is -2.62. The number of H-pyrrole nitrogens is 1. The van der Waals surface area contributed by atoms with Crippen LogP contribution in [0.15, 0.2) is 18.6 Å². The van der Waals surface area contributed by atoms with Gasteiger partial charge in [0.15, 0.2) is 0 Å². The zero-order valence-corrected chi connectivity index (χ0v) is 14.6. The molecule has 1 amide bonds. The average molecular weight is 338 g/mol. The van der Waals surface area contributed by atoms with Crippen LogP contribution < -0.4 is 4.90 Å². The summed E-state index contributed by atoms with van der Waals surface area (Å²) in [6.07, 6.45) is 5.76. The van der Waals surface area contributed by atoms with Crippen LogP contribution in [-0.2, 0) is 4.79 Å². The third-order valence-corrected chi connectivity index (χ3v) is 5.74. The molecule has 0 aromatic carbocycles. The third-order valence-electron chi connectivity index (χ3n) is 5.74. The Balaban J connectivity index is 1.59. The fourth-order valence-corrected chi connectivity index (χ4v) is 3.84. The van der Waals surface area contributed by atoms with Crippen LogP contribution in [0, 0.1) is 22.7 Å². The van der Waals surface area contributed by atoms with Gasteiger partial charge in [0.1, 0.15) is 23.2 Å².